The van der Waals surface area contributed by atoms with Crippen molar-refractivity contribution in [1.82, 2.24) is 40.5 Å². The quantitative estimate of drug-likeness (QED) is 0.0287. The van der Waals surface area contributed by atoms with Gasteiger partial charge in [-0.25, -0.2) is 9.37 Å². The molecule has 4 amide bonds. The number of carbonyl (C=O) groups excluding carboxylic acids is 5. The van der Waals surface area contributed by atoms with E-state index in [0.29, 0.717) is 130 Å². The van der Waals surface area contributed by atoms with Crippen LogP contribution in [-0.4, -0.2) is 151 Å². The fraction of sp³-hybridized carbons (Fsp3) is 0.529. The van der Waals surface area contributed by atoms with Gasteiger partial charge in [0, 0.05) is 55.7 Å². The number of aromatic nitrogens is 3. The molecule has 2 fully saturated rings. The van der Waals surface area contributed by atoms with E-state index in [4.69, 9.17) is 41.1 Å². The molecular formula is C68H86FN11O10. The number of likely N-dealkylation sites (N-methyl/N-ethyl adjacent to an activating group) is 1. The molecule has 2 aliphatic carbocycles. The number of amides is 4. The number of nitrogens with zero attached hydrogens (tertiary/aromatic N) is 7. The second kappa shape index (κ2) is 29.9. The molecule has 1 saturated carbocycles. The minimum absolute atomic E-state index is 0.00594. The van der Waals surface area contributed by atoms with Gasteiger partial charge in [0.15, 0.2) is 0 Å². The van der Waals surface area contributed by atoms with E-state index in [0.717, 1.165) is 55.2 Å². The number of nitrogens with two attached hydrogens (primary N) is 1. The van der Waals surface area contributed by atoms with E-state index < -0.39 is 29.4 Å². The third-order valence-corrected chi connectivity index (χ3v) is 17.8. The van der Waals surface area contributed by atoms with Gasteiger partial charge in [-0.15, -0.1) is 5.10 Å². The van der Waals surface area contributed by atoms with Crippen LogP contribution in [0.2, 0.25) is 0 Å². The maximum atomic E-state index is 14.9. The summed E-state index contributed by atoms with van der Waals surface area (Å²) in [5.74, 6) is -0.226. The zero-order valence-electron chi connectivity index (χ0n) is 52.5. The lowest BCUT2D eigenvalue weighted by Gasteiger charge is -2.41. The van der Waals surface area contributed by atoms with Gasteiger partial charge in [0.25, 0.3) is 11.7 Å². The van der Waals surface area contributed by atoms with Gasteiger partial charge in [-0.05, 0) is 141 Å². The predicted molar refractivity (Wildman–Crippen MR) is 337 cm³/mol. The van der Waals surface area contributed by atoms with E-state index in [1.165, 1.54) is 17.7 Å². The lowest BCUT2D eigenvalue weighted by atomic mass is 9.83. The number of ether oxygens (including phenoxy) is 5. The van der Waals surface area contributed by atoms with Gasteiger partial charge in [0.1, 0.15) is 47.6 Å². The molecule has 2 bridgehead atoms. The fourth-order valence-corrected chi connectivity index (χ4v) is 12.7. The first-order valence-electron chi connectivity index (χ1n) is 31.8. The smallest absolute Gasteiger partial charge is 0.260 e. The molecule has 90 heavy (non-hydrogen) atoms. The molecule has 5 N–H and O–H groups in total. The number of carbonyl (C=O) groups is 5. The van der Waals surface area contributed by atoms with Crippen molar-refractivity contribution in [2.45, 2.75) is 154 Å². The average molecular weight is 1240 g/mol. The first-order valence-corrected chi connectivity index (χ1v) is 31.8. The first-order chi connectivity index (χ1) is 43.5. The molecule has 5 aromatic rings. The standard InChI is InChI=1S/C68H86FN11O10/c1-43(71-5)64(82)75-61(68(2,3)4)67(85)79-41-47-36-51(22-18-45(47)37-59(79)65(83)74-55-16-9-13-44-12-7-8-15-52(44)55)90-35-34-89-33-32-88-31-30-87-29-28-86-27-24-50(81)14-10-26-80-63(72-6)60-46-38-58(62(70)73-40-46)77-25-11-17-57(77)54-39-48(69)19-23-53(54)66(84)78(49-20-21-49)42-56(60)76-80/h7-8,12,15,18-19,22-23,36,38-40,43,49,55,57,59,61,71H,9-11,13-14,16-17,20-21,24-35,37,41-42H2,1-5H3,(H2,70,73)(H,74,83)(H,75,82)/t43-,55+,57+,59-,61+/m0/s1. The third-order valence-electron chi connectivity index (χ3n) is 17.8. The van der Waals surface area contributed by atoms with Crippen LogP contribution >= 0.6 is 0 Å². The van der Waals surface area contributed by atoms with Crippen LogP contribution in [-0.2, 0) is 70.6 Å². The number of ketones is 1. The van der Waals surface area contributed by atoms with Gasteiger partial charge >= 0.3 is 0 Å². The molecule has 480 valence electrons. The number of hydrogen-bond donors (Lipinski definition) is 4. The number of Topliss-reactive ketones (excluding diaryl/α,β-unsaturated/α-hetero) is 1. The molecule has 2 aromatic heterocycles. The Morgan fingerprint density at radius 1 is 0.822 bits per heavy atom. The lowest BCUT2D eigenvalue weighted by Crippen LogP contribution is -2.62. The zero-order valence-corrected chi connectivity index (χ0v) is 52.5. The predicted octanol–water partition coefficient (Wildman–Crippen LogP) is 8.15. The molecular weight excluding hydrogens is 1150 g/mol. The van der Waals surface area contributed by atoms with Crippen molar-refractivity contribution in [1.29, 1.82) is 0 Å². The van der Waals surface area contributed by atoms with Crippen LogP contribution in [0.1, 0.15) is 141 Å². The van der Waals surface area contributed by atoms with E-state index >= 15 is 0 Å². The zero-order chi connectivity index (χ0) is 63.5. The number of aryl methyl sites for hydroxylation is 2. The van der Waals surface area contributed by atoms with Gasteiger partial charge < -0.3 is 64.9 Å². The SMILES string of the molecule is [C-]#[N+]c1c2c(nn1CCCC(=O)CCOCCOCCOCCOCCOc1ccc3c(c1)CN(C(=O)[C@@H](NC(=O)[C@H](C)NC)C(C)(C)C)[C@H](C(=O)N[C@@H]1CCCc4ccccc41)C3)CN(C1CC1)C(=O)c1ccc(F)cc1[C@H]1CCCN1c1cc-2cnc1N. The number of halogens is 1. The number of nitrogen functional groups attached to an aromatic ring is 1. The largest absolute Gasteiger partial charge is 0.491 e. The monoisotopic (exact) mass is 1240 g/mol. The molecule has 5 atom stereocenters. The molecule has 3 aromatic carbocycles. The molecule has 3 aliphatic heterocycles. The van der Waals surface area contributed by atoms with E-state index in [1.54, 1.807) is 35.8 Å². The van der Waals surface area contributed by atoms with Crippen molar-refractivity contribution < 1.29 is 52.0 Å². The second-order valence-corrected chi connectivity index (χ2v) is 25.1. The highest BCUT2D eigenvalue weighted by molar-refractivity contribution is 5.97. The number of fused-ring (bicyclic) bond motifs is 10. The molecule has 0 spiro atoms. The van der Waals surface area contributed by atoms with Gasteiger partial charge in [-0.1, -0.05) is 57.7 Å². The molecule has 5 aliphatic rings. The van der Waals surface area contributed by atoms with Crippen molar-refractivity contribution in [3.63, 3.8) is 0 Å². The van der Waals surface area contributed by atoms with Crippen molar-refractivity contribution in [2.75, 3.05) is 83.7 Å². The van der Waals surface area contributed by atoms with Crippen LogP contribution in [0.15, 0.2) is 72.9 Å². The Labute approximate surface area is 526 Å². The summed E-state index contributed by atoms with van der Waals surface area (Å²) in [5, 5.41) is 14.2. The number of nitrogens with one attached hydrogen (secondary N) is 3. The van der Waals surface area contributed by atoms with Gasteiger partial charge in [-0.2, -0.15) is 4.68 Å². The van der Waals surface area contributed by atoms with Crippen molar-refractivity contribution >= 4 is 46.7 Å². The number of rotatable bonds is 27. The molecule has 5 heterocycles. The minimum atomic E-state index is -0.892. The normalized spacial score (nSPS) is 18.6. The number of pyridine rings is 1. The van der Waals surface area contributed by atoms with Gasteiger partial charge in [0.2, 0.25) is 17.7 Å². The Kier molecular flexibility index (Phi) is 21.6. The van der Waals surface area contributed by atoms with Crippen LogP contribution < -0.4 is 31.3 Å². The maximum absolute atomic E-state index is 14.9. The highest BCUT2D eigenvalue weighted by Gasteiger charge is 2.44. The fourth-order valence-electron chi connectivity index (χ4n) is 12.7. The lowest BCUT2D eigenvalue weighted by molar-refractivity contribution is -0.147. The summed E-state index contributed by atoms with van der Waals surface area (Å²) >= 11 is 0. The minimum Gasteiger partial charge on any atom is -0.491 e. The number of benzene rings is 3. The van der Waals surface area contributed by atoms with E-state index in [2.05, 4.69) is 42.8 Å². The highest BCUT2D eigenvalue weighted by atomic mass is 19.1. The van der Waals surface area contributed by atoms with Gasteiger partial charge in [0.05, 0.1) is 89.8 Å². The summed E-state index contributed by atoms with van der Waals surface area (Å²) in [4.78, 5) is 83.9. The summed E-state index contributed by atoms with van der Waals surface area (Å²) in [5.41, 5.74) is 13.5. The topological polar surface area (TPSA) is 238 Å². The Bertz CT molecular complexity index is 3430. The van der Waals surface area contributed by atoms with Crippen LogP contribution in [0.3, 0.4) is 0 Å². The Hall–Kier alpha value is -7.81. The Balaban J connectivity index is 0.625. The van der Waals surface area contributed by atoms with Crippen molar-refractivity contribution in [3.8, 4) is 16.9 Å². The summed E-state index contributed by atoms with van der Waals surface area (Å²) in [7, 11) is 1.69. The van der Waals surface area contributed by atoms with Crippen LogP contribution in [0, 0.1) is 17.8 Å². The van der Waals surface area contributed by atoms with E-state index in [9.17, 15) is 28.4 Å². The molecule has 0 radical (unpaired) electrons. The third kappa shape index (κ3) is 15.7. The summed E-state index contributed by atoms with van der Waals surface area (Å²) in [6.07, 6.45) is 8.80. The average Bonchev–Trinajstić information content (AvgIpc) is 1.45. The molecule has 22 heteroatoms. The van der Waals surface area contributed by atoms with E-state index in [-0.39, 0.29) is 86.7 Å². The summed E-state index contributed by atoms with van der Waals surface area (Å²) < 4.78 is 45.5. The van der Waals surface area contributed by atoms with Crippen LogP contribution in [0.4, 0.5) is 21.7 Å². The van der Waals surface area contributed by atoms with Crippen molar-refractivity contribution in [3.05, 3.63) is 129 Å². The molecule has 10 rings (SSSR count). The second-order valence-electron chi connectivity index (χ2n) is 25.1. The number of hydrogen-bond acceptors (Lipinski definition) is 15. The van der Waals surface area contributed by atoms with Crippen LogP contribution in [0.5, 0.6) is 5.75 Å². The Morgan fingerprint density at radius 2 is 1.56 bits per heavy atom. The van der Waals surface area contributed by atoms with Gasteiger partial charge in [-0.3, -0.25) is 24.0 Å². The van der Waals surface area contributed by atoms with E-state index in [1.807, 2.05) is 62.1 Å². The molecule has 1 saturated heterocycles. The first kappa shape index (κ1) is 65.2. The number of anilines is 2. The summed E-state index contributed by atoms with van der Waals surface area (Å²) in [6.45, 7) is 20.0. The summed E-state index contributed by atoms with van der Waals surface area (Å²) in [6, 6.07) is 17.6. The maximum Gasteiger partial charge on any atom is 0.260 e. The van der Waals surface area contributed by atoms with Crippen molar-refractivity contribution in [2.24, 2.45) is 5.41 Å². The molecule has 0 unspecified atom stereocenters. The Morgan fingerprint density at radius 3 is 2.28 bits per heavy atom. The highest BCUT2D eigenvalue weighted by Crippen LogP contribution is 2.45. The molecule has 21 nitrogen and oxygen atoms in total. The van der Waals surface area contributed by atoms with Crippen LogP contribution in [0.25, 0.3) is 16.0 Å².